The lowest BCUT2D eigenvalue weighted by molar-refractivity contribution is -0.123. The molecule has 1 N–H and O–H groups in total. The highest BCUT2D eigenvalue weighted by Crippen LogP contribution is 2.24. The van der Waals surface area contributed by atoms with Crippen molar-refractivity contribution < 1.29 is 17.9 Å². The predicted octanol–water partition coefficient (Wildman–Crippen LogP) is 3.09. The maximum absolute atomic E-state index is 12.3. The van der Waals surface area contributed by atoms with Gasteiger partial charge in [-0.15, -0.1) is 0 Å². The summed E-state index contributed by atoms with van der Waals surface area (Å²) in [5, 5.41) is 3.39. The van der Waals surface area contributed by atoms with Crippen LogP contribution in [0.2, 0.25) is 5.02 Å². The number of rotatable bonds is 11. The molecule has 0 aliphatic rings. The summed E-state index contributed by atoms with van der Waals surface area (Å²) < 4.78 is 33.4. The Morgan fingerprint density at radius 3 is 2.50 bits per heavy atom. The van der Waals surface area contributed by atoms with Gasteiger partial charge in [0, 0.05) is 30.5 Å². The molecular weight excluding hydrogens is 452 g/mol. The highest BCUT2D eigenvalue weighted by Gasteiger charge is 2.18. The monoisotopic (exact) mass is 476 g/mol. The molecule has 0 aliphatic heterocycles. The fraction of sp³-hybridized carbons (Fsp3) is 0.273. The van der Waals surface area contributed by atoms with E-state index < -0.39 is 10.0 Å². The molecule has 0 spiro atoms. The number of carbonyl (C=O) groups excluding carboxylic acids is 1. The molecule has 1 aromatic heterocycles. The van der Waals surface area contributed by atoms with Crippen molar-refractivity contribution in [2.75, 3.05) is 23.7 Å². The van der Waals surface area contributed by atoms with Crippen LogP contribution in [0.4, 0.5) is 5.69 Å². The third-order valence-electron chi connectivity index (χ3n) is 4.61. The average molecular weight is 477 g/mol. The quantitative estimate of drug-likeness (QED) is 0.429. The lowest BCUT2D eigenvalue weighted by Gasteiger charge is -2.23. The molecule has 1 heterocycles. The van der Waals surface area contributed by atoms with E-state index in [1.165, 1.54) is 4.31 Å². The molecule has 0 saturated heterocycles. The first-order valence-corrected chi connectivity index (χ1v) is 12.2. The molecule has 0 atom stereocenters. The second-order valence-corrected chi connectivity index (χ2v) is 9.53. The van der Waals surface area contributed by atoms with E-state index in [-0.39, 0.29) is 19.1 Å². The van der Waals surface area contributed by atoms with E-state index in [9.17, 15) is 13.2 Å². The Morgan fingerprint density at radius 2 is 1.88 bits per heavy atom. The normalized spacial score (nSPS) is 11.2. The zero-order valence-corrected chi connectivity index (χ0v) is 19.2. The van der Waals surface area contributed by atoms with E-state index in [2.05, 4.69) is 10.3 Å². The number of aromatic nitrogens is 2. The van der Waals surface area contributed by atoms with Crippen LogP contribution in [-0.2, 0) is 27.9 Å². The SMILES string of the molecule is CS(=O)(=O)N(Cc1ccc(Cl)cc1)c1ccc(OCC(=O)NCCCn2ccnc2)cc1. The third-order valence-corrected chi connectivity index (χ3v) is 6.00. The Morgan fingerprint density at radius 1 is 1.16 bits per heavy atom. The number of nitrogens with one attached hydrogen (secondary N) is 1. The molecule has 0 aliphatic carbocycles. The zero-order valence-electron chi connectivity index (χ0n) is 17.6. The van der Waals surface area contributed by atoms with Crippen molar-refractivity contribution in [2.45, 2.75) is 19.5 Å². The molecule has 10 heteroatoms. The summed E-state index contributed by atoms with van der Waals surface area (Å²) in [4.78, 5) is 15.9. The number of benzene rings is 2. The number of aryl methyl sites for hydroxylation is 1. The van der Waals surface area contributed by atoms with Crippen LogP contribution in [0.5, 0.6) is 5.75 Å². The van der Waals surface area contributed by atoms with Crippen molar-refractivity contribution in [2.24, 2.45) is 0 Å². The Kier molecular flexibility index (Phi) is 8.13. The average Bonchev–Trinajstić information content (AvgIpc) is 3.28. The minimum absolute atomic E-state index is 0.120. The van der Waals surface area contributed by atoms with Crippen LogP contribution in [0.15, 0.2) is 67.3 Å². The number of ether oxygens (including phenoxy) is 1. The lowest BCUT2D eigenvalue weighted by atomic mass is 10.2. The number of amides is 1. The molecular formula is C22H25ClN4O4S. The topological polar surface area (TPSA) is 93.5 Å². The van der Waals surface area contributed by atoms with Gasteiger partial charge < -0.3 is 14.6 Å². The fourth-order valence-electron chi connectivity index (χ4n) is 2.97. The van der Waals surface area contributed by atoms with Crippen molar-refractivity contribution in [1.82, 2.24) is 14.9 Å². The molecule has 1 amide bonds. The van der Waals surface area contributed by atoms with E-state index in [1.54, 1.807) is 61.1 Å². The number of hydrogen-bond donors (Lipinski definition) is 1. The Hall–Kier alpha value is -3.04. The predicted molar refractivity (Wildman–Crippen MR) is 124 cm³/mol. The summed E-state index contributed by atoms with van der Waals surface area (Å²) in [5.41, 5.74) is 1.31. The first-order chi connectivity index (χ1) is 15.3. The van der Waals surface area contributed by atoms with Crippen LogP contribution in [0, 0.1) is 0 Å². The van der Waals surface area contributed by atoms with Crippen LogP contribution >= 0.6 is 11.6 Å². The van der Waals surface area contributed by atoms with Crippen molar-refractivity contribution in [1.29, 1.82) is 0 Å². The van der Waals surface area contributed by atoms with Crippen LogP contribution < -0.4 is 14.4 Å². The number of halogens is 1. The van der Waals surface area contributed by atoms with Gasteiger partial charge in [0.2, 0.25) is 10.0 Å². The smallest absolute Gasteiger partial charge is 0.257 e. The molecule has 170 valence electrons. The second kappa shape index (κ2) is 11.0. The number of carbonyl (C=O) groups is 1. The largest absolute Gasteiger partial charge is 0.484 e. The van der Waals surface area contributed by atoms with Gasteiger partial charge in [-0.3, -0.25) is 9.10 Å². The Bertz CT molecular complexity index is 1100. The molecule has 0 radical (unpaired) electrons. The maximum Gasteiger partial charge on any atom is 0.257 e. The summed E-state index contributed by atoms with van der Waals surface area (Å²) in [7, 11) is -3.50. The Labute approximate surface area is 192 Å². The van der Waals surface area contributed by atoms with Gasteiger partial charge in [-0.25, -0.2) is 13.4 Å². The number of nitrogens with zero attached hydrogens (tertiary/aromatic N) is 3. The lowest BCUT2D eigenvalue weighted by Crippen LogP contribution is -2.30. The van der Waals surface area contributed by atoms with Gasteiger partial charge in [0.1, 0.15) is 5.75 Å². The van der Waals surface area contributed by atoms with Crippen molar-refractivity contribution >= 4 is 33.2 Å². The van der Waals surface area contributed by atoms with E-state index >= 15 is 0 Å². The molecule has 0 saturated carbocycles. The van der Waals surface area contributed by atoms with E-state index in [0.29, 0.717) is 23.0 Å². The van der Waals surface area contributed by atoms with Crippen LogP contribution in [-0.4, -0.2) is 43.3 Å². The molecule has 3 rings (SSSR count). The number of sulfonamides is 1. The molecule has 0 unspecified atom stereocenters. The third kappa shape index (κ3) is 7.28. The van der Waals surface area contributed by atoms with E-state index in [0.717, 1.165) is 24.8 Å². The molecule has 3 aromatic rings. The fourth-order valence-corrected chi connectivity index (χ4v) is 3.99. The van der Waals surface area contributed by atoms with Gasteiger partial charge in [0.15, 0.2) is 6.61 Å². The minimum atomic E-state index is -3.50. The van der Waals surface area contributed by atoms with Gasteiger partial charge in [-0.1, -0.05) is 23.7 Å². The van der Waals surface area contributed by atoms with Crippen LogP contribution in [0.1, 0.15) is 12.0 Å². The molecule has 0 bridgehead atoms. The van der Waals surface area contributed by atoms with E-state index in [1.807, 2.05) is 10.8 Å². The highest BCUT2D eigenvalue weighted by molar-refractivity contribution is 7.92. The zero-order chi connectivity index (χ0) is 23.0. The number of imidazole rings is 1. The summed E-state index contributed by atoms with van der Waals surface area (Å²) in [6.45, 7) is 1.37. The number of hydrogen-bond acceptors (Lipinski definition) is 5. The standard InChI is InChI=1S/C22H25ClN4O4S/c1-32(29,30)27(15-18-3-5-19(23)6-4-18)20-7-9-21(10-8-20)31-16-22(28)25-11-2-13-26-14-12-24-17-26/h3-10,12,14,17H,2,11,13,15-16H2,1H3,(H,25,28). The minimum Gasteiger partial charge on any atom is -0.484 e. The first kappa shape index (κ1) is 23.6. The first-order valence-electron chi connectivity index (χ1n) is 9.99. The summed E-state index contributed by atoms with van der Waals surface area (Å²) >= 11 is 5.90. The van der Waals surface area contributed by atoms with Crippen LogP contribution in [0.3, 0.4) is 0 Å². The van der Waals surface area contributed by atoms with Crippen LogP contribution in [0.25, 0.3) is 0 Å². The second-order valence-electron chi connectivity index (χ2n) is 7.18. The summed E-state index contributed by atoms with van der Waals surface area (Å²) in [5.74, 6) is 0.252. The van der Waals surface area contributed by atoms with Gasteiger partial charge in [0.05, 0.1) is 24.8 Å². The number of anilines is 1. The molecule has 32 heavy (non-hydrogen) atoms. The van der Waals surface area contributed by atoms with E-state index in [4.69, 9.17) is 16.3 Å². The maximum atomic E-state index is 12.3. The van der Waals surface area contributed by atoms with Crippen molar-refractivity contribution in [3.8, 4) is 5.75 Å². The molecule has 2 aromatic carbocycles. The highest BCUT2D eigenvalue weighted by atomic mass is 35.5. The van der Waals surface area contributed by atoms with Gasteiger partial charge in [-0.2, -0.15) is 0 Å². The van der Waals surface area contributed by atoms with Crippen molar-refractivity contribution in [3.63, 3.8) is 0 Å². The van der Waals surface area contributed by atoms with Gasteiger partial charge >= 0.3 is 0 Å². The summed E-state index contributed by atoms with van der Waals surface area (Å²) in [6, 6.07) is 13.6. The van der Waals surface area contributed by atoms with Crippen molar-refractivity contribution in [3.05, 3.63) is 77.8 Å². The molecule has 8 nitrogen and oxygen atoms in total. The molecule has 0 fully saturated rings. The van der Waals surface area contributed by atoms with Gasteiger partial charge in [0.25, 0.3) is 5.91 Å². The summed E-state index contributed by atoms with van der Waals surface area (Å²) in [6.07, 6.45) is 7.25. The van der Waals surface area contributed by atoms with Gasteiger partial charge in [-0.05, 0) is 48.4 Å². The Balaban J connectivity index is 1.50.